The number of hydrogen-bond acceptors (Lipinski definition) is 5. The van der Waals surface area contributed by atoms with Gasteiger partial charge in [-0.2, -0.15) is 5.26 Å². The number of halogens is 2. The third-order valence-electron chi connectivity index (χ3n) is 4.45. The summed E-state index contributed by atoms with van der Waals surface area (Å²) < 4.78 is 5.19. The molecule has 3 aromatic rings. The maximum Gasteiger partial charge on any atom is 0.341 e. The van der Waals surface area contributed by atoms with Crippen molar-refractivity contribution in [2.24, 2.45) is 0 Å². The average molecular weight is 428 g/mol. The van der Waals surface area contributed by atoms with E-state index in [9.17, 15) is 10.1 Å². The first-order valence-electron chi connectivity index (χ1n) is 9.18. The average Bonchev–Trinajstić information content (AvgIpc) is 2.70. The zero-order valence-electron chi connectivity index (χ0n) is 16.1. The normalized spacial score (nSPS) is 10.6. The minimum absolute atomic E-state index is 0.249. The molecule has 7 heteroatoms. The number of esters is 1. The number of hydrogen-bond donors (Lipinski definition) is 1. The van der Waals surface area contributed by atoms with Gasteiger partial charge < -0.3 is 10.1 Å². The number of rotatable bonds is 6. The third-order valence-corrected chi connectivity index (χ3v) is 4.88. The fourth-order valence-electron chi connectivity index (χ4n) is 3.17. The Kier molecular flexibility index (Phi) is 6.58. The van der Waals surface area contributed by atoms with Crippen LogP contribution in [0.15, 0.2) is 36.5 Å². The topological polar surface area (TPSA) is 75.0 Å². The number of nitriles is 1. The van der Waals surface area contributed by atoms with Crippen molar-refractivity contribution in [1.82, 2.24) is 4.98 Å². The summed E-state index contributed by atoms with van der Waals surface area (Å²) in [5, 5.41) is 14.5. The fraction of sp³-hybridized carbons (Fsp3) is 0.227. The predicted molar refractivity (Wildman–Crippen MR) is 116 cm³/mol. The molecule has 1 N–H and O–H groups in total. The monoisotopic (exact) mass is 427 g/mol. The first kappa shape index (κ1) is 20.9. The van der Waals surface area contributed by atoms with E-state index in [1.165, 1.54) is 6.20 Å². The lowest BCUT2D eigenvalue weighted by atomic mass is 10.0. The van der Waals surface area contributed by atoms with Crippen molar-refractivity contribution in [3.8, 4) is 6.07 Å². The summed E-state index contributed by atoms with van der Waals surface area (Å²) >= 11 is 12.2. The number of aromatic nitrogens is 1. The van der Waals surface area contributed by atoms with Crippen molar-refractivity contribution >= 4 is 45.8 Å². The second-order valence-electron chi connectivity index (χ2n) is 6.40. The Balaban J connectivity index is 2.15. The number of nitrogens with one attached hydrogen (secondary N) is 1. The summed E-state index contributed by atoms with van der Waals surface area (Å²) in [6.45, 7) is 4.37. The van der Waals surface area contributed by atoms with Gasteiger partial charge in [0.05, 0.1) is 29.4 Å². The van der Waals surface area contributed by atoms with Crippen molar-refractivity contribution in [3.63, 3.8) is 0 Å². The van der Waals surface area contributed by atoms with Crippen LogP contribution in [0.3, 0.4) is 0 Å². The number of nitrogens with zero attached hydrogens (tertiary/aromatic N) is 2. The number of aryl methyl sites for hydroxylation is 1. The molecule has 0 saturated carbocycles. The highest BCUT2D eigenvalue weighted by atomic mass is 35.5. The van der Waals surface area contributed by atoms with E-state index < -0.39 is 5.97 Å². The van der Waals surface area contributed by atoms with Gasteiger partial charge in [0.15, 0.2) is 0 Å². The largest absolute Gasteiger partial charge is 0.462 e. The van der Waals surface area contributed by atoms with Crippen LogP contribution in [-0.4, -0.2) is 17.6 Å². The SMILES string of the molecule is CCOC(=O)c1cnc2c(CC)cc(C#N)cc2c1NCc1cc(Cl)cc(Cl)c1. The second kappa shape index (κ2) is 9.13. The van der Waals surface area contributed by atoms with Gasteiger partial charge in [-0.25, -0.2) is 4.79 Å². The van der Waals surface area contributed by atoms with Crippen LogP contribution < -0.4 is 5.32 Å². The molecule has 148 valence electrons. The Morgan fingerprint density at radius 3 is 2.52 bits per heavy atom. The zero-order chi connectivity index (χ0) is 21.0. The second-order valence-corrected chi connectivity index (χ2v) is 7.27. The number of benzene rings is 2. The third kappa shape index (κ3) is 4.61. The number of carbonyl (C=O) groups excluding carboxylic acids is 1. The first-order valence-corrected chi connectivity index (χ1v) is 9.94. The van der Waals surface area contributed by atoms with Gasteiger partial charge in [-0.05, 0) is 54.8 Å². The maximum absolute atomic E-state index is 12.5. The van der Waals surface area contributed by atoms with Crippen molar-refractivity contribution < 1.29 is 9.53 Å². The number of carbonyl (C=O) groups is 1. The van der Waals surface area contributed by atoms with Gasteiger partial charge in [0.2, 0.25) is 0 Å². The van der Waals surface area contributed by atoms with E-state index in [0.29, 0.717) is 45.2 Å². The molecule has 0 radical (unpaired) electrons. The molecule has 0 unspecified atom stereocenters. The molecule has 1 aromatic heterocycles. The highest BCUT2D eigenvalue weighted by molar-refractivity contribution is 6.34. The summed E-state index contributed by atoms with van der Waals surface area (Å²) in [6, 6.07) is 11.0. The van der Waals surface area contributed by atoms with Gasteiger partial charge in [0.1, 0.15) is 5.56 Å². The van der Waals surface area contributed by atoms with E-state index in [4.69, 9.17) is 27.9 Å². The Labute approximate surface area is 179 Å². The number of fused-ring (bicyclic) bond motifs is 1. The van der Waals surface area contributed by atoms with Crippen LogP contribution in [0.2, 0.25) is 10.0 Å². The van der Waals surface area contributed by atoms with E-state index in [2.05, 4.69) is 16.4 Å². The number of ether oxygens (including phenoxy) is 1. The Bertz CT molecular complexity index is 1100. The van der Waals surface area contributed by atoms with Crippen molar-refractivity contribution in [2.75, 3.05) is 11.9 Å². The fourth-order valence-corrected chi connectivity index (χ4v) is 3.74. The summed E-state index contributed by atoms with van der Waals surface area (Å²) in [4.78, 5) is 17.0. The van der Waals surface area contributed by atoms with Gasteiger partial charge in [-0.15, -0.1) is 0 Å². The Morgan fingerprint density at radius 2 is 1.90 bits per heavy atom. The van der Waals surface area contributed by atoms with Crippen molar-refractivity contribution in [2.45, 2.75) is 26.8 Å². The molecule has 5 nitrogen and oxygen atoms in total. The van der Waals surface area contributed by atoms with E-state index in [1.807, 2.05) is 13.0 Å². The molecular formula is C22H19Cl2N3O2. The molecule has 2 aromatic carbocycles. The van der Waals surface area contributed by atoms with Crippen LogP contribution >= 0.6 is 23.2 Å². The predicted octanol–water partition coefficient (Wildman–Crippen LogP) is 5.76. The van der Waals surface area contributed by atoms with Gasteiger partial charge in [0.25, 0.3) is 0 Å². The van der Waals surface area contributed by atoms with Crippen LogP contribution in [0, 0.1) is 11.3 Å². The standard InChI is InChI=1S/C22H19Cl2N3O2/c1-3-15-5-13(10-25)8-18-20(15)27-12-19(22(28)29-4-2)21(18)26-11-14-6-16(23)9-17(24)7-14/h5-9,12H,3-4,11H2,1-2H3,(H,26,27). The smallest absolute Gasteiger partial charge is 0.341 e. The summed E-state index contributed by atoms with van der Waals surface area (Å²) in [7, 11) is 0. The molecule has 0 amide bonds. The molecule has 0 aliphatic heterocycles. The lowest BCUT2D eigenvalue weighted by molar-refractivity contribution is 0.0527. The van der Waals surface area contributed by atoms with Crippen LogP contribution in [0.5, 0.6) is 0 Å². The quantitative estimate of drug-likeness (QED) is 0.505. The summed E-state index contributed by atoms with van der Waals surface area (Å²) in [6.07, 6.45) is 2.22. The molecule has 29 heavy (non-hydrogen) atoms. The Hall–Kier alpha value is -2.81. The van der Waals surface area contributed by atoms with Crippen LogP contribution in [0.25, 0.3) is 10.9 Å². The van der Waals surface area contributed by atoms with E-state index in [-0.39, 0.29) is 6.61 Å². The molecule has 0 aliphatic rings. The van der Waals surface area contributed by atoms with Crippen molar-refractivity contribution in [3.05, 3.63) is 68.8 Å². The molecule has 0 bridgehead atoms. The molecule has 0 aliphatic carbocycles. The molecule has 0 saturated heterocycles. The minimum atomic E-state index is -0.478. The van der Waals surface area contributed by atoms with Crippen LogP contribution in [0.4, 0.5) is 5.69 Å². The lowest BCUT2D eigenvalue weighted by Crippen LogP contribution is -2.12. The number of pyridine rings is 1. The molecule has 0 spiro atoms. The molecule has 0 fully saturated rings. The Morgan fingerprint density at radius 1 is 1.17 bits per heavy atom. The molecular weight excluding hydrogens is 409 g/mol. The van der Waals surface area contributed by atoms with E-state index >= 15 is 0 Å². The maximum atomic E-state index is 12.5. The van der Waals surface area contributed by atoms with E-state index in [0.717, 1.165) is 16.6 Å². The first-order chi connectivity index (χ1) is 14.0. The van der Waals surface area contributed by atoms with Crippen LogP contribution in [0.1, 0.15) is 40.9 Å². The highest BCUT2D eigenvalue weighted by Crippen LogP contribution is 2.31. The molecule has 0 atom stereocenters. The van der Waals surface area contributed by atoms with Gasteiger partial charge in [-0.1, -0.05) is 30.1 Å². The number of anilines is 1. The summed E-state index contributed by atoms with van der Waals surface area (Å²) in [5.74, 6) is -0.478. The molecule has 1 heterocycles. The summed E-state index contributed by atoms with van der Waals surface area (Å²) in [5.41, 5.74) is 3.91. The lowest BCUT2D eigenvalue weighted by Gasteiger charge is -2.16. The van der Waals surface area contributed by atoms with Crippen LogP contribution in [-0.2, 0) is 17.7 Å². The van der Waals surface area contributed by atoms with E-state index in [1.54, 1.807) is 31.2 Å². The van der Waals surface area contributed by atoms with Gasteiger partial charge in [-0.3, -0.25) is 4.98 Å². The van der Waals surface area contributed by atoms with Gasteiger partial charge >= 0.3 is 5.97 Å². The zero-order valence-corrected chi connectivity index (χ0v) is 17.6. The highest BCUT2D eigenvalue weighted by Gasteiger charge is 2.18. The molecule has 3 rings (SSSR count). The minimum Gasteiger partial charge on any atom is -0.462 e. The van der Waals surface area contributed by atoms with Crippen molar-refractivity contribution in [1.29, 1.82) is 5.26 Å². The van der Waals surface area contributed by atoms with Gasteiger partial charge in [0, 0.05) is 28.2 Å².